The summed E-state index contributed by atoms with van der Waals surface area (Å²) in [5, 5.41) is 6.34. The van der Waals surface area contributed by atoms with Gasteiger partial charge in [0.1, 0.15) is 11.1 Å². The number of halogens is 2. The van der Waals surface area contributed by atoms with Crippen molar-refractivity contribution in [3.63, 3.8) is 0 Å². The summed E-state index contributed by atoms with van der Waals surface area (Å²) in [7, 11) is 0. The van der Waals surface area contributed by atoms with Crippen molar-refractivity contribution in [1.29, 1.82) is 0 Å². The molecule has 2 saturated heterocycles. The average molecular weight is 380 g/mol. The maximum atomic E-state index is 12.8. The molecule has 0 aromatic carbocycles. The summed E-state index contributed by atoms with van der Waals surface area (Å²) >= 11 is 1.61. The topological polar surface area (TPSA) is 54.5 Å². The zero-order valence-electron chi connectivity index (χ0n) is 12.9. The molecule has 1 N–H and O–H groups in total. The molecule has 0 bridgehead atoms. The lowest BCUT2D eigenvalue weighted by molar-refractivity contribution is -0.141. The second-order valence-electron chi connectivity index (χ2n) is 6.38. The molecule has 3 heterocycles. The number of amides is 1. The van der Waals surface area contributed by atoms with Crippen molar-refractivity contribution in [1.82, 2.24) is 15.2 Å². The Morgan fingerprint density at radius 3 is 2.87 bits per heavy atom. The van der Waals surface area contributed by atoms with Gasteiger partial charge in [0.05, 0.1) is 13.2 Å². The fourth-order valence-corrected chi connectivity index (χ4v) is 4.46. The average Bonchev–Trinajstić information content (AvgIpc) is 2.99. The Morgan fingerprint density at radius 2 is 2.17 bits per heavy atom. The van der Waals surface area contributed by atoms with Crippen LogP contribution in [0.3, 0.4) is 0 Å². The van der Waals surface area contributed by atoms with E-state index in [4.69, 9.17) is 4.74 Å². The highest BCUT2D eigenvalue weighted by molar-refractivity contribution is 7.09. The Kier molecular flexibility index (Phi) is 6.30. The number of ether oxygens (including phenoxy) is 1. The van der Waals surface area contributed by atoms with Crippen LogP contribution in [-0.2, 0) is 9.53 Å². The number of nitrogens with zero attached hydrogens (tertiary/aromatic N) is 2. The third-order valence-electron chi connectivity index (χ3n) is 5.19. The summed E-state index contributed by atoms with van der Waals surface area (Å²) in [4.78, 5) is 19.1. The molecule has 8 heteroatoms. The monoisotopic (exact) mass is 379 g/mol. The number of aromatic nitrogens is 1. The SMILES string of the molecule is Cl.Cl.O=C(C1CC12CCNCC2)N1CCOC(c2nccs2)C1. The van der Waals surface area contributed by atoms with Gasteiger partial charge in [0.25, 0.3) is 0 Å². The first-order valence-electron chi connectivity index (χ1n) is 7.79. The lowest BCUT2D eigenvalue weighted by Gasteiger charge is -2.33. The molecular formula is C15H23Cl2N3O2S. The third-order valence-corrected chi connectivity index (χ3v) is 6.06. The standard InChI is InChI=1S/C15H21N3O2S.2ClH/c19-14(11-9-15(11)1-3-16-4-2-15)18-6-7-20-12(10-18)13-17-5-8-21-13;;/h5,8,11-12,16H,1-4,6-7,9-10H2;2*1H. The predicted octanol–water partition coefficient (Wildman–Crippen LogP) is 2.28. The van der Waals surface area contributed by atoms with Gasteiger partial charge in [0, 0.05) is 24.0 Å². The van der Waals surface area contributed by atoms with Crippen LogP contribution in [0.4, 0.5) is 0 Å². The number of rotatable bonds is 2. The van der Waals surface area contributed by atoms with Gasteiger partial charge < -0.3 is 15.0 Å². The van der Waals surface area contributed by atoms with Crippen LogP contribution in [0.15, 0.2) is 11.6 Å². The number of hydrogen-bond acceptors (Lipinski definition) is 5. The zero-order chi connectivity index (χ0) is 14.3. The maximum absolute atomic E-state index is 12.8. The molecule has 1 saturated carbocycles. The number of piperidine rings is 1. The van der Waals surface area contributed by atoms with E-state index in [1.807, 2.05) is 10.3 Å². The molecule has 1 spiro atoms. The van der Waals surface area contributed by atoms with Gasteiger partial charge in [0.15, 0.2) is 0 Å². The van der Waals surface area contributed by atoms with Crippen LogP contribution in [0.25, 0.3) is 0 Å². The summed E-state index contributed by atoms with van der Waals surface area (Å²) in [6, 6.07) is 0. The summed E-state index contributed by atoms with van der Waals surface area (Å²) in [5.41, 5.74) is 0.317. The smallest absolute Gasteiger partial charge is 0.226 e. The summed E-state index contributed by atoms with van der Waals surface area (Å²) in [6.07, 6.45) is 5.17. The van der Waals surface area contributed by atoms with Crippen LogP contribution in [-0.4, -0.2) is 48.6 Å². The Labute approximate surface area is 153 Å². The van der Waals surface area contributed by atoms with Crippen LogP contribution in [0, 0.1) is 11.3 Å². The first-order chi connectivity index (χ1) is 10.3. The number of thiazole rings is 1. The van der Waals surface area contributed by atoms with Gasteiger partial charge in [-0.2, -0.15) is 0 Å². The van der Waals surface area contributed by atoms with Crippen molar-refractivity contribution in [2.24, 2.45) is 11.3 Å². The van der Waals surface area contributed by atoms with Crippen LogP contribution >= 0.6 is 36.2 Å². The Morgan fingerprint density at radius 1 is 1.39 bits per heavy atom. The predicted molar refractivity (Wildman–Crippen MR) is 94.5 cm³/mol. The Hall–Kier alpha value is -0.400. The van der Waals surface area contributed by atoms with E-state index < -0.39 is 0 Å². The van der Waals surface area contributed by atoms with Crippen molar-refractivity contribution in [3.8, 4) is 0 Å². The van der Waals surface area contributed by atoms with E-state index in [1.54, 1.807) is 17.5 Å². The van der Waals surface area contributed by atoms with Crippen molar-refractivity contribution in [2.75, 3.05) is 32.8 Å². The molecule has 3 fully saturated rings. The highest BCUT2D eigenvalue weighted by atomic mass is 35.5. The minimum atomic E-state index is -0.0366. The van der Waals surface area contributed by atoms with E-state index in [9.17, 15) is 4.79 Å². The molecule has 1 aromatic heterocycles. The van der Waals surface area contributed by atoms with E-state index in [0.717, 1.165) is 43.9 Å². The van der Waals surface area contributed by atoms with Gasteiger partial charge in [-0.25, -0.2) is 4.98 Å². The molecule has 1 amide bonds. The molecular weight excluding hydrogens is 357 g/mol. The molecule has 4 rings (SSSR count). The second kappa shape index (κ2) is 7.66. The molecule has 1 aliphatic carbocycles. The number of nitrogens with one attached hydrogen (secondary N) is 1. The quantitative estimate of drug-likeness (QED) is 0.856. The van der Waals surface area contributed by atoms with E-state index in [2.05, 4.69) is 10.3 Å². The number of carbonyl (C=O) groups is 1. The highest BCUT2D eigenvalue weighted by Gasteiger charge is 2.58. The largest absolute Gasteiger partial charge is 0.367 e. The minimum absolute atomic E-state index is 0. The molecule has 2 unspecified atom stereocenters. The van der Waals surface area contributed by atoms with E-state index in [-0.39, 0.29) is 36.8 Å². The third kappa shape index (κ3) is 3.66. The number of hydrogen-bond donors (Lipinski definition) is 1. The van der Waals surface area contributed by atoms with Crippen molar-refractivity contribution >= 4 is 42.1 Å². The first-order valence-corrected chi connectivity index (χ1v) is 8.67. The first kappa shape index (κ1) is 18.9. The molecule has 1 aromatic rings. The summed E-state index contributed by atoms with van der Waals surface area (Å²) in [5.74, 6) is 0.608. The van der Waals surface area contributed by atoms with Gasteiger partial charge in [0.2, 0.25) is 5.91 Å². The Balaban J connectivity index is 0.000000960. The highest BCUT2D eigenvalue weighted by Crippen LogP contribution is 2.59. The van der Waals surface area contributed by atoms with Gasteiger partial charge >= 0.3 is 0 Å². The second-order valence-corrected chi connectivity index (χ2v) is 7.31. The zero-order valence-corrected chi connectivity index (χ0v) is 15.4. The summed E-state index contributed by atoms with van der Waals surface area (Å²) < 4.78 is 5.78. The fraction of sp³-hybridized carbons (Fsp3) is 0.733. The van der Waals surface area contributed by atoms with Crippen LogP contribution in [0.2, 0.25) is 0 Å². The molecule has 3 aliphatic rings. The van der Waals surface area contributed by atoms with Gasteiger partial charge in [-0.05, 0) is 37.8 Å². The molecule has 130 valence electrons. The van der Waals surface area contributed by atoms with E-state index >= 15 is 0 Å². The van der Waals surface area contributed by atoms with Crippen molar-refractivity contribution in [3.05, 3.63) is 16.6 Å². The van der Waals surface area contributed by atoms with Crippen LogP contribution < -0.4 is 5.32 Å². The van der Waals surface area contributed by atoms with Crippen molar-refractivity contribution in [2.45, 2.75) is 25.4 Å². The van der Waals surface area contributed by atoms with Gasteiger partial charge in [-0.1, -0.05) is 0 Å². The normalized spacial score (nSPS) is 28.6. The Bertz CT molecular complexity index is 523. The van der Waals surface area contributed by atoms with Gasteiger partial charge in [-0.3, -0.25) is 4.79 Å². The molecule has 0 radical (unpaired) electrons. The van der Waals surface area contributed by atoms with E-state index in [1.165, 1.54) is 0 Å². The molecule has 2 atom stereocenters. The lowest BCUT2D eigenvalue weighted by atomic mass is 9.91. The molecule has 5 nitrogen and oxygen atoms in total. The van der Waals surface area contributed by atoms with Crippen LogP contribution in [0.1, 0.15) is 30.4 Å². The van der Waals surface area contributed by atoms with Crippen LogP contribution in [0.5, 0.6) is 0 Å². The van der Waals surface area contributed by atoms with E-state index in [0.29, 0.717) is 24.5 Å². The molecule has 23 heavy (non-hydrogen) atoms. The summed E-state index contributed by atoms with van der Waals surface area (Å²) in [6.45, 7) is 4.14. The van der Waals surface area contributed by atoms with Gasteiger partial charge in [-0.15, -0.1) is 36.2 Å². The number of carbonyl (C=O) groups excluding carboxylic acids is 1. The minimum Gasteiger partial charge on any atom is -0.367 e. The fourth-order valence-electron chi connectivity index (χ4n) is 3.79. The lowest BCUT2D eigenvalue weighted by Crippen LogP contribution is -2.44. The van der Waals surface area contributed by atoms with Crippen molar-refractivity contribution < 1.29 is 9.53 Å². The molecule has 2 aliphatic heterocycles. The maximum Gasteiger partial charge on any atom is 0.226 e. The number of morpholine rings is 1.